The van der Waals surface area contributed by atoms with Gasteiger partial charge in [0.15, 0.2) is 0 Å². The number of nitrogens with zero attached hydrogens (tertiary/aromatic N) is 3. The molecule has 2 heterocycles. The van der Waals surface area contributed by atoms with Crippen LogP contribution in [0.5, 0.6) is 11.5 Å². The number of hydrogen-bond acceptors (Lipinski definition) is 6. The lowest BCUT2D eigenvalue weighted by Crippen LogP contribution is -2.08. The lowest BCUT2D eigenvalue weighted by atomic mass is 10.1. The van der Waals surface area contributed by atoms with E-state index in [1.54, 1.807) is 14.0 Å². The summed E-state index contributed by atoms with van der Waals surface area (Å²) in [7, 11) is 1.68. The molecule has 1 aromatic carbocycles. The molecule has 25 heavy (non-hydrogen) atoms. The second-order valence-electron chi connectivity index (χ2n) is 6.15. The molecule has 3 rings (SSSR count). The third kappa shape index (κ3) is 3.24. The smallest absolute Gasteiger partial charge is 0.333 e. The number of nitro groups is 1. The quantitative estimate of drug-likeness (QED) is 0.639. The molecule has 1 aliphatic rings. The third-order valence-electron chi connectivity index (χ3n) is 4.20. The minimum absolute atomic E-state index is 0.00788. The van der Waals surface area contributed by atoms with Gasteiger partial charge in [0.2, 0.25) is 5.82 Å². The largest absolute Gasteiger partial charge is 0.494 e. The van der Waals surface area contributed by atoms with Crippen LogP contribution in [0.2, 0.25) is 0 Å². The maximum atomic E-state index is 11.3. The van der Waals surface area contributed by atoms with Gasteiger partial charge in [-0.3, -0.25) is 10.1 Å². The Hall–Kier alpha value is -2.77. The molecule has 0 fully saturated rings. The Bertz CT molecular complexity index is 815. The van der Waals surface area contributed by atoms with E-state index in [0.717, 1.165) is 29.0 Å². The molecular weight excluding hydrogens is 324 g/mol. The van der Waals surface area contributed by atoms with Gasteiger partial charge in [-0.1, -0.05) is 0 Å². The van der Waals surface area contributed by atoms with Crippen LogP contribution in [0.4, 0.5) is 11.5 Å². The predicted octanol–water partition coefficient (Wildman–Crippen LogP) is 2.97. The Kier molecular flexibility index (Phi) is 4.52. The summed E-state index contributed by atoms with van der Waals surface area (Å²) >= 11 is 0. The number of hydrogen-bond donors (Lipinski definition) is 1. The molecule has 0 radical (unpaired) electrons. The molecule has 8 nitrogen and oxygen atoms in total. The summed E-state index contributed by atoms with van der Waals surface area (Å²) in [6.45, 7) is 6.51. The zero-order valence-electron chi connectivity index (χ0n) is 14.8. The minimum Gasteiger partial charge on any atom is -0.494 e. The highest BCUT2D eigenvalue weighted by atomic mass is 16.6. The standard InChI is InChI=1S/C17H22N4O4/c1-5-24-14-7-12-6-10(2)25-15(12)8-13(14)9-18-17-16(21(22)23)11(3)19-20(17)4/h7-8,10,18H,5-6,9H2,1-4H3/t10-/m1/s1. The molecule has 8 heteroatoms. The van der Waals surface area contributed by atoms with Crippen molar-refractivity contribution >= 4 is 11.5 Å². The molecule has 1 aromatic heterocycles. The highest BCUT2D eigenvalue weighted by molar-refractivity contribution is 5.60. The fourth-order valence-corrected chi connectivity index (χ4v) is 3.15. The maximum absolute atomic E-state index is 11.3. The monoisotopic (exact) mass is 346 g/mol. The van der Waals surface area contributed by atoms with Gasteiger partial charge >= 0.3 is 5.69 Å². The molecule has 134 valence electrons. The Labute approximate surface area is 145 Å². The van der Waals surface area contributed by atoms with Crippen LogP contribution in [0, 0.1) is 17.0 Å². The summed E-state index contributed by atoms with van der Waals surface area (Å²) in [5.74, 6) is 2.00. The van der Waals surface area contributed by atoms with Crippen molar-refractivity contribution in [2.75, 3.05) is 11.9 Å². The fraction of sp³-hybridized carbons (Fsp3) is 0.471. The molecule has 0 bridgehead atoms. The van der Waals surface area contributed by atoms with Crippen LogP contribution in [-0.2, 0) is 20.0 Å². The number of anilines is 1. The van der Waals surface area contributed by atoms with Crippen molar-refractivity contribution in [3.05, 3.63) is 39.1 Å². The topological polar surface area (TPSA) is 91.5 Å². The number of nitrogens with one attached hydrogen (secondary N) is 1. The number of aryl methyl sites for hydroxylation is 2. The van der Waals surface area contributed by atoms with E-state index in [2.05, 4.69) is 10.4 Å². The average molecular weight is 346 g/mol. The van der Waals surface area contributed by atoms with Gasteiger partial charge in [-0.05, 0) is 32.9 Å². The first kappa shape index (κ1) is 17.1. The molecular formula is C17H22N4O4. The van der Waals surface area contributed by atoms with E-state index in [4.69, 9.17) is 9.47 Å². The number of fused-ring (bicyclic) bond motifs is 1. The van der Waals surface area contributed by atoms with Crippen molar-refractivity contribution in [2.45, 2.75) is 39.8 Å². The second kappa shape index (κ2) is 6.62. The molecule has 0 aliphatic carbocycles. The predicted molar refractivity (Wildman–Crippen MR) is 93.3 cm³/mol. The Balaban J connectivity index is 1.89. The SMILES string of the molecule is CCOc1cc2c(cc1CNc1c([N+](=O)[O-])c(C)nn1C)O[C@H](C)C2. The zero-order chi connectivity index (χ0) is 18.1. The van der Waals surface area contributed by atoms with Crippen LogP contribution < -0.4 is 14.8 Å². The van der Waals surface area contributed by atoms with Gasteiger partial charge in [0.1, 0.15) is 23.3 Å². The molecule has 0 spiro atoms. The molecule has 1 atom stereocenters. The second-order valence-corrected chi connectivity index (χ2v) is 6.15. The summed E-state index contributed by atoms with van der Waals surface area (Å²) < 4.78 is 13.0. The van der Waals surface area contributed by atoms with Crippen LogP contribution in [0.3, 0.4) is 0 Å². The van der Waals surface area contributed by atoms with Crippen LogP contribution in [0.25, 0.3) is 0 Å². The number of rotatable bonds is 6. The van der Waals surface area contributed by atoms with Crippen LogP contribution >= 0.6 is 0 Å². The molecule has 0 saturated heterocycles. The van der Waals surface area contributed by atoms with E-state index < -0.39 is 4.92 Å². The summed E-state index contributed by atoms with van der Waals surface area (Å²) in [5.41, 5.74) is 2.39. The summed E-state index contributed by atoms with van der Waals surface area (Å²) in [6, 6.07) is 3.95. The number of aromatic nitrogens is 2. The van der Waals surface area contributed by atoms with E-state index >= 15 is 0 Å². The third-order valence-corrected chi connectivity index (χ3v) is 4.20. The Morgan fingerprint density at radius 2 is 2.28 bits per heavy atom. The summed E-state index contributed by atoms with van der Waals surface area (Å²) in [4.78, 5) is 10.9. The molecule has 0 unspecified atom stereocenters. The molecule has 1 N–H and O–H groups in total. The van der Waals surface area contributed by atoms with Crippen molar-refractivity contribution in [1.29, 1.82) is 0 Å². The van der Waals surface area contributed by atoms with Gasteiger partial charge in [0, 0.05) is 31.1 Å². The molecule has 0 saturated carbocycles. The molecule has 2 aromatic rings. The zero-order valence-corrected chi connectivity index (χ0v) is 14.8. The Morgan fingerprint density at radius 3 is 2.96 bits per heavy atom. The number of ether oxygens (including phenoxy) is 2. The highest BCUT2D eigenvalue weighted by Crippen LogP contribution is 2.36. The van der Waals surface area contributed by atoms with Crippen molar-refractivity contribution in [3.8, 4) is 11.5 Å². The molecule has 1 aliphatic heterocycles. The van der Waals surface area contributed by atoms with E-state index in [0.29, 0.717) is 24.7 Å². The Morgan fingerprint density at radius 1 is 1.52 bits per heavy atom. The van der Waals surface area contributed by atoms with Crippen LogP contribution in [0.1, 0.15) is 30.7 Å². The number of benzene rings is 1. The van der Waals surface area contributed by atoms with Crippen LogP contribution in [0.15, 0.2) is 12.1 Å². The van der Waals surface area contributed by atoms with E-state index in [1.807, 2.05) is 26.0 Å². The van der Waals surface area contributed by atoms with E-state index in [-0.39, 0.29) is 11.8 Å². The van der Waals surface area contributed by atoms with Gasteiger partial charge in [0.25, 0.3) is 0 Å². The van der Waals surface area contributed by atoms with E-state index in [9.17, 15) is 10.1 Å². The van der Waals surface area contributed by atoms with Crippen molar-refractivity contribution < 1.29 is 14.4 Å². The van der Waals surface area contributed by atoms with Gasteiger partial charge in [-0.15, -0.1) is 0 Å². The molecule has 0 amide bonds. The highest BCUT2D eigenvalue weighted by Gasteiger charge is 2.25. The lowest BCUT2D eigenvalue weighted by molar-refractivity contribution is -0.384. The van der Waals surface area contributed by atoms with Crippen molar-refractivity contribution in [3.63, 3.8) is 0 Å². The summed E-state index contributed by atoms with van der Waals surface area (Å²) in [6.07, 6.45) is 1.00. The lowest BCUT2D eigenvalue weighted by Gasteiger charge is -2.13. The fourth-order valence-electron chi connectivity index (χ4n) is 3.15. The van der Waals surface area contributed by atoms with E-state index in [1.165, 1.54) is 4.68 Å². The van der Waals surface area contributed by atoms with Gasteiger partial charge in [-0.25, -0.2) is 4.68 Å². The minimum atomic E-state index is -0.415. The summed E-state index contributed by atoms with van der Waals surface area (Å²) in [5, 5.41) is 18.5. The first-order valence-corrected chi connectivity index (χ1v) is 8.27. The van der Waals surface area contributed by atoms with Crippen molar-refractivity contribution in [1.82, 2.24) is 9.78 Å². The average Bonchev–Trinajstić information content (AvgIpc) is 3.02. The van der Waals surface area contributed by atoms with Gasteiger partial charge in [-0.2, -0.15) is 5.10 Å². The van der Waals surface area contributed by atoms with Crippen molar-refractivity contribution in [2.24, 2.45) is 7.05 Å². The van der Waals surface area contributed by atoms with Gasteiger partial charge in [0.05, 0.1) is 11.5 Å². The first-order valence-electron chi connectivity index (χ1n) is 8.27. The van der Waals surface area contributed by atoms with Gasteiger partial charge < -0.3 is 14.8 Å². The normalized spacial score (nSPS) is 15.6. The van der Waals surface area contributed by atoms with Crippen LogP contribution in [-0.4, -0.2) is 27.4 Å². The maximum Gasteiger partial charge on any atom is 0.333 e. The first-order chi connectivity index (χ1) is 11.9.